The fraction of sp³-hybridized carbons (Fsp3) is 0. The molecule has 0 amide bonds. The van der Waals surface area contributed by atoms with Gasteiger partial charge in [0.15, 0.2) is 5.96 Å². The van der Waals surface area contributed by atoms with E-state index < -0.39 is 0 Å². The molecule has 118 valence electrons. The van der Waals surface area contributed by atoms with Crippen molar-refractivity contribution in [1.82, 2.24) is 9.97 Å². The van der Waals surface area contributed by atoms with Crippen LogP contribution in [-0.2, 0) is 0 Å². The lowest BCUT2D eigenvalue weighted by Crippen LogP contribution is -2.22. The highest BCUT2D eigenvalue weighted by atomic mass is 79.9. The molecule has 2 aromatic carbocycles. The van der Waals surface area contributed by atoms with Gasteiger partial charge in [-0.15, -0.1) is 12.4 Å². The number of halogens is 3. The van der Waals surface area contributed by atoms with Crippen molar-refractivity contribution in [2.24, 2.45) is 16.5 Å². The van der Waals surface area contributed by atoms with E-state index in [4.69, 9.17) is 11.5 Å². The molecule has 0 aliphatic rings. The number of nitrogens with zero attached hydrogens (tertiary/aromatic N) is 3. The van der Waals surface area contributed by atoms with Gasteiger partial charge in [-0.3, -0.25) is 0 Å². The molecule has 0 aliphatic carbocycles. The van der Waals surface area contributed by atoms with Gasteiger partial charge in [0.25, 0.3) is 5.95 Å². The van der Waals surface area contributed by atoms with Gasteiger partial charge in [0.05, 0.1) is 11.2 Å². The molecule has 0 radical (unpaired) electrons. The summed E-state index contributed by atoms with van der Waals surface area (Å²) in [6.07, 6.45) is 0. The minimum Gasteiger partial charge on any atom is -0.370 e. The monoisotopic (exact) mass is 395 g/mol. The number of nitrogens with two attached hydrogens (primary N) is 2. The Morgan fingerprint density at radius 3 is 2.52 bits per heavy atom. The summed E-state index contributed by atoms with van der Waals surface area (Å²) in [6, 6.07) is 11.8. The van der Waals surface area contributed by atoms with Crippen LogP contribution in [-0.4, -0.2) is 15.9 Å². The van der Waals surface area contributed by atoms with Crippen LogP contribution in [0.2, 0.25) is 0 Å². The highest BCUT2D eigenvalue weighted by Crippen LogP contribution is 2.31. The fourth-order valence-electron chi connectivity index (χ4n) is 2.11. The fourth-order valence-corrected chi connectivity index (χ4v) is 2.47. The summed E-state index contributed by atoms with van der Waals surface area (Å²) in [5, 5.41) is 0.703. The summed E-state index contributed by atoms with van der Waals surface area (Å²) in [4.78, 5) is 12.4. The first-order valence-corrected chi connectivity index (χ1v) is 7.16. The molecule has 0 aliphatic heterocycles. The zero-order chi connectivity index (χ0) is 15.7. The summed E-state index contributed by atoms with van der Waals surface area (Å²) >= 11 is 3.40. The molecule has 0 atom stereocenters. The Morgan fingerprint density at radius 1 is 1.09 bits per heavy atom. The van der Waals surface area contributed by atoms with Crippen molar-refractivity contribution in [2.45, 2.75) is 0 Å². The zero-order valence-corrected chi connectivity index (χ0v) is 14.1. The van der Waals surface area contributed by atoms with E-state index in [1.54, 1.807) is 24.3 Å². The van der Waals surface area contributed by atoms with E-state index in [0.717, 1.165) is 4.47 Å². The van der Waals surface area contributed by atoms with Crippen LogP contribution in [0.4, 0.5) is 10.3 Å². The highest BCUT2D eigenvalue weighted by Gasteiger charge is 2.13. The Hall–Kier alpha value is -2.25. The predicted molar refractivity (Wildman–Crippen MR) is 95.3 cm³/mol. The lowest BCUT2D eigenvalue weighted by atomic mass is 10.1. The van der Waals surface area contributed by atoms with E-state index in [1.165, 1.54) is 6.07 Å². The number of rotatable bonds is 2. The topological polar surface area (TPSA) is 90.2 Å². The number of guanidine groups is 1. The molecule has 1 aromatic heterocycles. The summed E-state index contributed by atoms with van der Waals surface area (Å²) < 4.78 is 15.0. The average molecular weight is 397 g/mol. The van der Waals surface area contributed by atoms with Crippen molar-refractivity contribution < 1.29 is 4.39 Å². The van der Waals surface area contributed by atoms with Gasteiger partial charge in [0.1, 0.15) is 5.82 Å². The summed E-state index contributed by atoms with van der Waals surface area (Å²) in [5.41, 5.74) is 12.2. The zero-order valence-electron chi connectivity index (χ0n) is 11.7. The molecule has 0 fully saturated rings. The van der Waals surface area contributed by atoms with Gasteiger partial charge in [-0.1, -0.05) is 28.1 Å². The minimum absolute atomic E-state index is 0. The Balaban J connectivity index is 0.00000192. The van der Waals surface area contributed by atoms with Crippen molar-refractivity contribution in [3.8, 4) is 11.3 Å². The molecule has 0 unspecified atom stereocenters. The van der Waals surface area contributed by atoms with Crippen molar-refractivity contribution in [3.05, 3.63) is 52.8 Å². The molecule has 0 saturated carbocycles. The van der Waals surface area contributed by atoms with Gasteiger partial charge in [-0.05, 0) is 30.3 Å². The molecule has 8 heteroatoms. The van der Waals surface area contributed by atoms with Crippen LogP contribution in [0.5, 0.6) is 0 Å². The summed E-state index contributed by atoms with van der Waals surface area (Å²) in [7, 11) is 0. The van der Waals surface area contributed by atoms with Gasteiger partial charge in [-0.25, -0.2) is 14.4 Å². The summed E-state index contributed by atoms with van der Waals surface area (Å²) in [6.45, 7) is 0. The van der Waals surface area contributed by atoms with Crippen LogP contribution in [0.25, 0.3) is 22.2 Å². The first kappa shape index (κ1) is 17.1. The van der Waals surface area contributed by atoms with Crippen LogP contribution < -0.4 is 11.5 Å². The van der Waals surface area contributed by atoms with Crippen LogP contribution in [0.3, 0.4) is 0 Å². The first-order chi connectivity index (χ1) is 10.5. The second-order valence-corrected chi connectivity index (χ2v) is 5.47. The van der Waals surface area contributed by atoms with Crippen molar-refractivity contribution in [2.75, 3.05) is 0 Å². The number of benzene rings is 2. The molecule has 0 spiro atoms. The second-order valence-electron chi connectivity index (χ2n) is 4.55. The van der Waals surface area contributed by atoms with E-state index in [1.807, 2.05) is 12.1 Å². The van der Waals surface area contributed by atoms with Gasteiger partial charge < -0.3 is 11.5 Å². The Morgan fingerprint density at radius 2 is 1.83 bits per heavy atom. The standard InChI is InChI=1S/C15H11BrFN5.ClH/c16-8-5-6-12-10(7-8)13(9-3-1-2-4-11(9)17)21-15(20-12)22-14(18)19;/h1-7H,(H4,18,19,20,21,22);1H. The van der Waals surface area contributed by atoms with Crippen molar-refractivity contribution in [1.29, 1.82) is 0 Å². The molecule has 23 heavy (non-hydrogen) atoms. The quantitative estimate of drug-likeness (QED) is 0.512. The summed E-state index contributed by atoms with van der Waals surface area (Å²) in [5.74, 6) is -0.442. The van der Waals surface area contributed by atoms with E-state index in [9.17, 15) is 4.39 Å². The molecule has 4 N–H and O–H groups in total. The van der Waals surface area contributed by atoms with Crippen LogP contribution in [0.1, 0.15) is 0 Å². The van der Waals surface area contributed by atoms with Gasteiger partial charge in [0, 0.05) is 15.4 Å². The third kappa shape index (κ3) is 3.57. The SMILES string of the molecule is Cl.NC(N)=Nc1nc(-c2ccccc2F)c2cc(Br)ccc2n1. The Bertz CT molecular complexity index is 896. The lowest BCUT2D eigenvalue weighted by Gasteiger charge is -2.08. The van der Waals surface area contributed by atoms with Gasteiger partial charge in [-0.2, -0.15) is 4.99 Å². The smallest absolute Gasteiger partial charge is 0.253 e. The number of aromatic nitrogens is 2. The Kier molecular flexibility index (Phi) is 5.12. The van der Waals surface area contributed by atoms with Crippen LogP contribution in [0.15, 0.2) is 51.9 Å². The molecule has 3 aromatic rings. The average Bonchev–Trinajstić information content (AvgIpc) is 2.47. The first-order valence-electron chi connectivity index (χ1n) is 6.36. The van der Waals surface area contributed by atoms with E-state index in [-0.39, 0.29) is 30.1 Å². The van der Waals surface area contributed by atoms with E-state index in [0.29, 0.717) is 22.2 Å². The van der Waals surface area contributed by atoms with Crippen LogP contribution >= 0.6 is 28.3 Å². The van der Waals surface area contributed by atoms with Crippen molar-refractivity contribution in [3.63, 3.8) is 0 Å². The number of hydrogen-bond donors (Lipinski definition) is 2. The maximum Gasteiger partial charge on any atom is 0.253 e. The normalized spacial score (nSPS) is 10.2. The van der Waals surface area contributed by atoms with Crippen molar-refractivity contribution >= 4 is 51.1 Å². The van der Waals surface area contributed by atoms with E-state index >= 15 is 0 Å². The molecule has 0 saturated heterocycles. The highest BCUT2D eigenvalue weighted by molar-refractivity contribution is 9.10. The molecule has 0 bridgehead atoms. The van der Waals surface area contributed by atoms with Crippen LogP contribution in [0, 0.1) is 5.82 Å². The molecule has 1 heterocycles. The second kappa shape index (κ2) is 6.89. The lowest BCUT2D eigenvalue weighted by molar-refractivity contribution is 0.631. The van der Waals surface area contributed by atoms with Gasteiger partial charge in [0.2, 0.25) is 0 Å². The number of aliphatic imine (C=N–C) groups is 1. The molecule has 5 nitrogen and oxygen atoms in total. The maximum absolute atomic E-state index is 14.1. The van der Waals surface area contributed by atoms with Gasteiger partial charge >= 0.3 is 0 Å². The minimum atomic E-state index is -0.377. The third-order valence-corrected chi connectivity index (χ3v) is 3.50. The third-order valence-electron chi connectivity index (χ3n) is 3.00. The molecular weight excluding hydrogens is 385 g/mol. The molecule has 3 rings (SSSR count). The predicted octanol–water partition coefficient (Wildman–Crippen LogP) is 3.53. The largest absolute Gasteiger partial charge is 0.370 e. The maximum atomic E-state index is 14.1. The molecular formula is C15H12BrClFN5. The number of hydrogen-bond acceptors (Lipinski definition) is 3. The number of fused-ring (bicyclic) bond motifs is 1. The Labute approximate surface area is 146 Å². The van der Waals surface area contributed by atoms with E-state index in [2.05, 4.69) is 30.9 Å².